The summed E-state index contributed by atoms with van der Waals surface area (Å²) in [6, 6.07) is 6.69. The highest BCUT2D eigenvalue weighted by molar-refractivity contribution is 5.35. The quantitative estimate of drug-likeness (QED) is 0.566. The number of nitro groups is 1. The monoisotopic (exact) mass is 208 g/mol. The molecule has 0 saturated heterocycles. The number of hydrogen-bond acceptors (Lipinski definition) is 3. The summed E-state index contributed by atoms with van der Waals surface area (Å²) in [4.78, 5) is 12.2. The van der Waals surface area contributed by atoms with E-state index in [1.807, 2.05) is 14.1 Å². The molecule has 0 atom stereocenters. The highest BCUT2D eigenvalue weighted by Gasteiger charge is 2.23. The van der Waals surface area contributed by atoms with E-state index in [1.165, 1.54) is 0 Å². The molecule has 0 amide bonds. The summed E-state index contributed by atoms with van der Waals surface area (Å²) in [5.41, 5.74) is 1.08. The lowest BCUT2D eigenvalue weighted by Crippen LogP contribution is -2.35. The third kappa shape index (κ3) is 2.33. The summed E-state index contributed by atoms with van der Waals surface area (Å²) >= 11 is 0. The van der Waals surface area contributed by atoms with Crippen LogP contribution in [0.2, 0.25) is 0 Å². The topological polar surface area (TPSA) is 46.4 Å². The van der Waals surface area contributed by atoms with Gasteiger partial charge in [-0.1, -0.05) is 12.1 Å². The van der Waals surface area contributed by atoms with E-state index in [0.29, 0.717) is 0 Å². The Morgan fingerprint density at radius 3 is 2.00 bits per heavy atom. The summed E-state index contributed by atoms with van der Waals surface area (Å²) in [5.74, 6) is 0. The van der Waals surface area contributed by atoms with Crippen molar-refractivity contribution in [3.8, 4) is 0 Å². The standard InChI is InChI=1S/C11H16N2O2/c1-11(2,12(3)4)9-5-7-10(8-6-9)13(14)15/h5-8H,1-4H3. The van der Waals surface area contributed by atoms with Gasteiger partial charge in [0.1, 0.15) is 0 Å². The Morgan fingerprint density at radius 2 is 1.67 bits per heavy atom. The normalized spacial score (nSPS) is 11.8. The van der Waals surface area contributed by atoms with E-state index >= 15 is 0 Å². The number of hydrogen-bond donors (Lipinski definition) is 0. The molecule has 0 heterocycles. The van der Waals surface area contributed by atoms with Gasteiger partial charge in [0, 0.05) is 17.7 Å². The second-order valence-corrected chi connectivity index (χ2v) is 4.26. The molecule has 0 saturated carbocycles. The van der Waals surface area contributed by atoms with E-state index in [1.54, 1.807) is 24.3 Å². The first-order chi connectivity index (χ1) is 6.85. The molecule has 0 aliphatic heterocycles. The van der Waals surface area contributed by atoms with Crippen LogP contribution in [-0.2, 0) is 5.54 Å². The Hall–Kier alpha value is -1.42. The predicted octanol–water partition coefficient (Wildman–Crippen LogP) is 2.39. The lowest BCUT2D eigenvalue weighted by atomic mass is 9.93. The minimum Gasteiger partial charge on any atom is -0.300 e. The van der Waals surface area contributed by atoms with Crippen molar-refractivity contribution in [1.29, 1.82) is 0 Å². The molecule has 1 aromatic rings. The van der Waals surface area contributed by atoms with Crippen molar-refractivity contribution in [2.45, 2.75) is 19.4 Å². The van der Waals surface area contributed by atoms with Crippen molar-refractivity contribution in [2.75, 3.05) is 14.1 Å². The van der Waals surface area contributed by atoms with E-state index in [0.717, 1.165) is 5.56 Å². The van der Waals surface area contributed by atoms with E-state index in [9.17, 15) is 10.1 Å². The zero-order chi connectivity index (χ0) is 11.6. The molecule has 0 unspecified atom stereocenters. The third-order valence-corrected chi connectivity index (χ3v) is 2.90. The average Bonchev–Trinajstić information content (AvgIpc) is 2.17. The van der Waals surface area contributed by atoms with Gasteiger partial charge in [0.15, 0.2) is 0 Å². The maximum Gasteiger partial charge on any atom is 0.269 e. The molecule has 15 heavy (non-hydrogen) atoms. The Balaban J connectivity index is 3.04. The van der Waals surface area contributed by atoms with Crippen molar-refractivity contribution in [2.24, 2.45) is 0 Å². The summed E-state index contributed by atoms with van der Waals surface area (Å²) in [6.07, 6.45) is 0. The van der Waals surface area contributed by atoms with Crippen LogP contribution in [0.25, 0.3) is 0 Å². The van der Waals surface area contributed by atoms with E-state index < -0.39 is 0 Å². The lowest BCUT2D eigenvalue weighted by molar-refractivity contribution is -0.384. The molecule has 0 aromatic heterocycles. The smallest absolute Gasteiger partial charge is 0.269 e. The molecule has 0 radical (unpaired) electrons. The van der Waals surface area contributed by atoms with Crippen LogP contribution in [0.15, 0.2) is 24.3 Å². The van der Waals surface area contributed by atoms with Crippen LogP contribution >= 0.6 is 0 Å². The van der Waals surface area contributed by atoms with Crippen LogP contribution in [0.5, 0.6) is 0 Å². The number of non-ortho nitro benzene ring substituents is 1. The maximum absolute atomic E-state index is 10.5. The zero-order valence-electron chi connectivity index (χ0n) is 9.52. The zero-order valence-corrected chi connectivity index (χ0v) is 9.52. The van der Waals surface area contributed by atoms with Crippen LogP contribution in [-0.4, -0.2) is 23.9 Å². The van der Waals surface area contributed by atoms with E-state index in [2.05, 4.69) is 18.7 Å². The Kier molecular flexibility index (Phi) is 3.09. The molecular formula is C11H16N2O2. The fourth-order valence-corrected chi connectivity index (χ4v) is 1.25. The van der Waals surface area contributed by atoms with Gasteiger partial charge in [-0.2, -0.15) is 0 Å². The maximum atomic E-state index is 10.5. The largest absolute Gasteiger partial charge is 0.300 e. The van der Waals surface area contributed by atoms with Gasteiger partial charge in [-0.3, -0.25) is 10.1 Å². The van der Waals surface area contributed by atoms with E-state index in [-0.39, 0.29) is 16.1 Å². The second kappa shape index (κ2) is 3.98. The highest BCUT2D eigenvalue weighted by Crippen LogP contribution is 2.26. The number of nitrogens with zero attached hydrogens (tertiary/aromatic N) is 2. The lowest BCUT2D eigenvalue weighted by Gasteiger charge is -2.33. The molecule has 0 spiro atoms. The van der Waals surface area contributed by atoms with Gasteiger partial charge in [0.25, 0.3) is 5.69 Å². The molecule has 82 valence electrons. The van der Waals surface area contributed by atoms with Crippen molar-refractivity contribution < 1.29 is 4.92 Å². The number of rotatable bonds is 3. The molecule has 1 aromatic carbocycles. The van der Waals surface area contributed by atoms with Gasteiger partial charge < -0.3 is 4.90 Å². The van der Waals surface area contributed by atoms with Gasteiger partial charge >= 0.3 is 0 Å². The fraction of sp³-hybridized carbons (Fsp3) is 0.455. The molecule has 4 heteroatoms. The number of benzene rings is 1. The van der Waals surface area contributed by atoms with Crippen molar-refractivity contribution in [3.63, 3.8) is 0 Å². The SMILES string of the molecule is CN(C)C(C)(C)c1ccc([N+](=O)[O-])cc1. The molecular weight excluding hydrogens is 192 g/mol. The Labute approximate surface area is 89.7 Å². The summed E-state index contributed by atoms with van der Waals surface area (Å²) in [7, 11) is 3.98. The molecule has 0 aliphatic carbocycles. The molecule has 0 bridgehead atoms. The average molecular weight is 208 g/mol. The third-order valence-electron chi connectivity index (χ3n) is 2.90. The summed E-state index contributed by atoms with van der Waals surface area (Å²) < 4.78 is 0. The summed E-state index contributed by atoms with van der Waals surface area (Å²) in [6.45, 7) is 4.16. The molecule has 0 fully saturated rings. The molecule has 0 N–H and O–H groups in total. The van der Waals surface area contributed by atoms with Crippen LogP contribution in [0.3, 0.4) is 0 Å². The first kappa shape index (κ1) is 11.7. The minimum absolute atomic E-state index is 0.116. The Morgan fingerprint density at radius 1 is 1.20 bits per heavy atom. The molecule has 1 rings (SSSR count). The van der Waals surface area contributed by atoms with Crippen LogP contribution < -0.4 is 0 Å². The van der Waals surface area contributed by atoms with Gasteiger partial charge in [-0.05, 0) is 33.5 Å². The van der Waals surface area contributed by atoms with Crippen molar-refractivity contribution in [1.82, 2.24) is 4.90 Å². The molecule has 4 nitrogen and oxygen atoms in total. The van der Waals surface area contributed by atoms with Crippen LogP contribution in [0.1, 0.15) is 19.4 Å². The predicted molar refractivity (Wildman–Crippen MR) is 59.8 cm³/mol. The van der Waals surface area contributed by atoms with E-state index in [4.69, 9.17) is 0 Å². The second-order valence-electron chi connectivity index (χ2n) is 4.26. The Bertz CT molecular complexity index is 355. The first-order valence-electron chi connectivity index (χ1n) is 4.78. The summed E-state index contributed by atoms with van der Waals surface area (Å²) in [5, 5.41) is 10.5. The van der Waals surface area contributed by atoms with Crippen molar-refractivity contribution >= 4 is 5.69 Å². The van der Waals surface area contributed by atoms with Gasteiger partial charge in [-0.25, -0.2) is 0 Å². The van der Waals surface area contributed by atoms with Gasteiger partial charge in [-0.15, -0.1) is 0 Å². The van der Waals surface area contributed by atoms with Crippen LogP contribution in [0, 0.1) is 10.1 Å². The van der Waals surface area contributed by atoms with Gasteiger partial charge in [0.2, 0.25) is 0 Å². The number of nitro benzene ring substituents is 1. The van der Waals surface area contributed by atoms with Crippen LogP contribution in [0.4, 0.5) is 5.69 Å². The van der Waals surface area contributed by atoms with Crippen molar-refractivity contribution in [3.05, 3.63) is 39.9 Å². The van der Waals surface area contributed by atoms with Gasteiger partial charge in [0.05, 0.1) is 4.92 Å². The first-order valence-corrected chi connectivity index (χ1v) is 4.78. The minimum atomic E-state index is -0.383. The molecule has 0 aliphatic rings. The fourth-order valence-electron chi connectivity index (χ4n) is 1.25. The highest BCUT2D eigenvalue weighted by atomic mass is 16.6.